The largest absolute Gasteiger partial charge is 0.508 e. The van der Waals surface area contributed by atoms with Gasteiger partial charge in [-0.3, -0.25) is 0 Å². The summed E-state index contributed by atoms with van der Waals surface area (Å²) in [6.45, 7) is 1.73. The van der Waals surface area contributed by atoms with Crippen molar-refractivity contribution in [3.63, 3.8) is 0 Å². The number of phenolic OH excluding ortho intramolecular Hbond substituents is 1. The molecule has 164 valence electrons. The Morgan fingerprint density at radius 3 is 2.90 bits per heavy atom. The highest BCUT2D eigenvalue weighted by atomic mass is 32.1. The number of thiazole rings is 1. The maximum atomic E-state index is 13.0. The van der Waals surface area contributed by atoms with E-state index in [9.17, 15) is 18.3 Å². The molecule has 3 aromatic rings. The molecule has 7 nitrogen and oxygen atoms in total. The lowest BCUT2D eigenvalue weighted by atomic mass is 10.2. The lowest BCUT2D eigenvalue weighted by Crippen LogP contribution is -2.13. The zero-order valence-electron chi connectivity index (χ0n) is 16.2. The molecule has 2 aromatic heterocycles. The number of ether oxygens (including phenoxy) is 2. The summed E-state index contributed by atoms with van der Waals surface area (Å²) in [5, 5.41) is 12.9. The van der Waals surface area contributed by atoms with Crippen molar-refractivity contribution in [2.24, 2.45) is 0 Å². The molecule has 1 fully saturated rings. The van der Waals surface area contributed by atoms with E-state index in [-0.39, 0.29) is 17.7 Å². The quantitative estimate of drug-likeness (QED) is 0.534. The molecule has 0 radical (unpaired) electrons. The molecule has 3 heterocycles. The molecule has 0 aliphatic carbocycles. The Balaban J connectivity index is 1.43. The van der Waals surface area contributed by atoms with Gasteiger partial charge >= 0.3 is 6.18 Å². The Kier molecular flexibility index (Phi) is 6.35. The first-order chi connectivity index (χ1) is 14.9. The molecule has 1 aliphatic heterocycles. The summed E-state index contributed by atoms with van der Waals surface area (Å²) in [7, 11) is 0. The predicted octanol–water partition coefficient (Wildman–Crippen LogP) is 4.76. The Morgan fingerprint density at radius 1 is 1.26 bits per heavy atom. The van der Waals surface area contributed by atoms with E-state index in [2.05, 4.69) is 20.3 Å². The number of anilines is 2. The summed E-state index contributed by atoms with van der Waals surface area (Å²) in [6, 6.07) is 4.35. The molecule has 1 unspecified atom stereocenters. The number of alkyl halides is 3. The number of nitrogens with zero attached hydrogens (tertiary/aromatic N) is 3. The topological polar surface area (TPSA) is 89.4 Å². The van der Waals surface area contributed by atoms with Gasteiger partial charge in [0.25, 0.3) is 0 Å². The van der Waals surface area contributed by atoms with Gasteiger partial charge in [-0.15, -0.1) is 11.3 Å². The van der Waals surface area contributed by atoms with Gasteiger partial charge in [-0.05, 0) is 31.0 Å². The van der Waals surface area contributed by atoms with Crippen molar-refractivity contribution in [3.05, 3.63) is 47.1 Å². The summed E-state index contributed by atoms with van der Waals surface area (Å²) in [6.07, 6.45) is 0.819. The molecule has 1 saturated heterocycles. The molecular formula is C20H19F3N4O3S. The second-order valence-corrected chi connectivity index (χ2v) is 8.05. The monoisotopic (exact) mass is 452 g/mol. The maximum absolute atomic E-state index is 13.0. The number of hydrogen-bond acceptors (Lipinski definition) is 8. The summed E-state index contributed by atoms with van der Waals surface area (Å²) in [5.41, 5.74) is -0.436. The molecular weight excluding hydrogens is 433 g/mol. The van der Waals surface area contributed by atoms with E-state index in [0.29, 0.717) is 30.0 Å². The zero-order valence-corrected chi connectivity index (χ0v) is 17.0. The fourth-order valence-electron chi connectivity index (χ4n) is 3.07. The van der Waals surface area contributed by atoms with Gasteiger partial charge in [-0.1, -0.05) is 0 Å². The molecule has 11 heteroatoms. The third kappa shape index (κ3) is 5.69. The Bertz CT molecular complexity index is 1040. The van der Waals surface area contributed by atoms with Crippen LogP contribution < -0.4 is 5.32 Å². The molecule has 1 atom stereocenters. The van der Waals surface area contributed by atoms with Crippen LogP contribution in [0.25, 0.3) is 10.7 Å². The third-order valence-corrected chi connectivity index (χ3v) is 5.49. The average molecular weight is 452 g/mol. The Labute approximate surface area is 179 Å². The van der Waals surface area contributed by atoms with Crippen molar-refractivity contribution >= 4 is 23.0 Å². The number of aromatic nitrogens is 3. The molecule has 2 N–H and O–H groups in total. The fraction of sp³-hybridized carbons (Fsp3) is 0.350. The van der Waals surface area contributed by atoms with Crippen LogP contribution in [-0.4, -0.2) is 39.4 Å². The first kappa shape index (κ1) is 21.5. The fourth-order valence-corrected chi connectivity index (χ4v) is 3.89. The normalized spacial score (nSPS) is 16.5. The molecule has 31 heavy (non-hydrogen) atoms. The summed E-state index contributed by atoms with van der Waals surface area (Å²) in [5.74, 6) is -0.427. The van der Waals surface area contributed by atoms with E-state index in [1.807, 2.05) is 0 Å². The van der Waals surface area contributed by atoms with Crippen molar-refractivity contribution in [1.29, 1.82) is 0 Å². The minimum Gasteiger partial charge on any atom is -0.508 e. The average Bonchev–Trinajstić information content (AvgIpc) is 3.39. The smallest absolute Gasteiger partial charge is 0.416 e. The van der Waals surface area contributed by atoms with Crippen LogP contribution in [0.2, 0.25) is 0 Å². The number of aromatic hydroxyl groups is 1. The van der Waals surface area contributed by atoms with Gasteiger partial charge in [0.1, 0.15) is 16.5 Å². The highest BCUT2D eigenvalue weighted by Gasteiger charge is 2.31. The number of benzene rings is 1. The number of hydrogen-bond donors (Lipinski definition) is 2. The minimum atomic E-state index is -4.58. The van der Waals surface area contributed by atoms with Crippen molar-refractivity contribution < 1.29 is 27.8 Å². The van der Waals surface area contributed by atoms with Crippen LogP contribution in [0, 0.1) is 0 Å². The third-order valence-electron chi connectivity index (χ3n) is 4.50. The number of phenols is 1. The van der Waals surface area contributed by atoms with Gasteiger partial charge < -0.3 is 19.9 Å². The SMILES string of the molecule is Oc1cc(Nc2nccc(-c3ncc(COCC4CCCO4)s3)n2)cc(C(F)(F)F)c1. The highest BCUT2D eigenvalue weighted by molar-refractivity contribution is 7.14. The van der Waals surface area contributed by atoms with Gasteiger partial charge in [0.05, 0.1) is 29.8 Å². The summed E-state index contributed by atoms with van der Waals surface area (Å²) in [4.78, 5) is 13.6. The summed E-state index contributed by atoms with van der Waals surface area (Å²) < 4.78 is 50.1. The lowest BCUT2D eigenvalue weighted by molar-refractivity contribution is -0.137. The summed E-state index contributed by atoms with van der Waals surface area (Å²) >= 11 is 1.41. The van der Waals surface area contributed by atoms with Gasteiger partial charge in [0, 0.05) is 30.8 Å². The molecule has 4 rings (SSSR count). The van der Waals surface area contributed by atoms with Gasteiger partial charge in [-0.2, -0.15) is 13.2 Å². The molecule has 0 amide bonds. The zero-order chi connectivity index (χ0) is 21.8. The first-order valence-corrected chi connectivity index (χ1v) is 10.3. The van der Waals surface area contributed by atoms with Crippen molar-refractivity contribution in [2.75, 3.05) is 18.5 Å². The first-order valence-electron chi connectivity index (χ1n) is 9.52. The van der Waals surface area contributed by atoms with E-state index in [1.165, 1.54) is 17.5 Å². The van der Waals surface area contributed by atoms with Crippen LogP contribution >= 0.6 is 11.3 Å². The number of rotatable bonds is 7. The molecule has 1 aliphatic rings. The van der Waals surface area contributed by atoms with E-state index in [4.69, 9.17) is 9.47 Å². The van der Waals surface area contributed by atoms with Crippen LogP contribution in [0.5, 0.6) is 5.75 Å². The molecule has 0 spiro atoms. The lowest BCUT2D eigenvalue weighted by Gasteiger charge is -2.11. The second-order valence-electron chi connectivity index (χ2n) is 6.94. The van der Waals surface area contributed by atoms with Crippen molar-refractivity contribution in [2.45, 2.75) is 31.7 Å². The van der Waals surface area contributed by atoms with Crippen LogP contribution in [0.3, 0.4) is 0 Å². The molecule has 0 saturated carbocycles. The maximum Gasteiger partial charge on any atom is 0.416 e. The second kappa shape index (κ2) is 9.16. The Morgan fingerprint density at radius 2 is 2.13 bits per heavy atom. The van der Waals surface area contributed by atoms with Crippen LogP contribution in [-0.2, 0) is 22.3 Å². The minimum absolute atomic E-state index is 0.0202. The van der Waals surface area contributed by atoms with Gasteiger partial charge in [-0.25, -0.2) is 15.0 Å². The number of halogens is 3. The van der Waals surface area contributed by atoms with Crippen LogP contribution in [0.4, 0.5) is 24.8 Å². The van der Waals surface area contributed by atoms with E-state index < -0.39 is 17.5 Å². The molecule has 1 aromatic carbocycles. The van der Waals surface area contributed by atoms with E-state index >= 15 is 0 Å². The van der Waals surface area contributed by atoms with Crippen LogP contribution in [0.1, 0.15) is 23.3 Å². The van der Waals surface area contributed by atoms with Crippen molar-refractivity contribution in [3.8, 4) is 16.5 Å². The standard InChI is InChI=1S/C20H19F3N4O3S/c21-20(22,23)12-6-13(8-14(28)7-12)26-19-24-4-3-17(27-19)18-25-9-16(31-18)11-29-10-15-2-1-5-30-15/h3-4,6-9,15,28H,1-2,5,10-11H2,(H,24,26,27). The van der Waals surface area contributed by atoms with E-state index in [1.54, 1.807) is 12.3 Å². The number of nitrogens with one attached hydrogen (secondary N) is 1. The highest BCUT2D eigenvalue weighted by Crippen LogP contribution is 2.34. The van der Waals surface area contributed by atoms with Gasteiger partial charge in [0.15, 0.2) is 0 Å². The Hall–Kier alpha value is -2.76. The predicted molar refractivity (Wildman–Crippen MR) is 108 cm³/mol. The molecule has 0 bridgehead atoms. The van der Waals surface area contributed by atoms with Gasteiger partial charge in [0.2, 0.25) is 5.95 Å². The van der Waals surface area contributed by atoms with Crippen LogP contribution in [0.15, 0.2) is 36.7 Å². The van der Waals surface area contributed by atoms with E-state index in [0.717, 1.165) is 36.5 Å². The van der Waals surface area contributed by atoms with Crippen molar-refractivity contribution in [1.82, 2.24) is 15.0 Å².